The lowest BCUT2D eigenvalue weighted by molar-refractivity contribution is 0.110. The van der Waals surface area contributed by atoms with E-state index in [1.54, 1.807) is 19.1 Å². The van der Waals surface area contributed by atoms with Crippen molar-refractivity contribution in [3.8, 4) is 5.75 Å². The van der Waals surface area contributed by atoms with Gasteiger partial charge >= 0.3 is 0 Å². The molecule has 0 aliphatic heterocycles. The van der Waals surface area contributed by atoms with E-state index >= 15 is 0 Å². The number of halogens is 2. The summed E-state index contributed by atoms with van der Waals surface area (Å²) in [7, 11) is 0. The zero-order valence-electron chi connectivity index (χ0n) is 15.5. The minimum absolute atomic E-state index is 0.0647. The highest BCUT2D eigenvalue weighted by atomic mass is 19.1. The lowest BCUT2D eigenvalue weighted by Gasteiger charge is -2.16. The number of nitrogens with one attached hydrogen (secondary N) is 2. The molecule has 3 N–H and O–H groups in total. The molecule has 0 saturated heterocycles. The molecule has 1 atom stereocenters. The molecule has 146 valence electrons. The fourth-order valence-corrected chi connectivity index (χ4v) is 2.31. The molecule has 2 rings (SSSR count). The Hall–Kier alpha value is -2.67. The number of aryl methyl sites for hydroxylation is 1. The van der Waals surface area contributed by atoms with Crippen molar-refractivity contribution in [3.63, 3.8) is 0 Å². The first-order valence-corrected chi connectivity index (χ1v) is 8.81. The summed E-state index contributed by atoms with van der Waals surface area (Å²) >= 11 is 0. The van der Waals surface area contributed by atoms with Crippen molar-refractivity contribution in [1.29, 1.82) is 0 Å². The average Bonchev–Trinajstić information content (AvgIpc) is 2.66. The molecule has 0 spiro atoms. The number of aliphatic imine (C=N–C) groups is 1. The van der Waals surface area contributed by atoms with Crippen LogP contribution in [0.5, 0.6) is 5.75 Å². The van der Waals surface area contributed by atoms with Crippen molar-refractivity contribution in [2.45, 2.75) is 26.5 Å². The van der Waals surface area contributed by atoms with Gasteiger partial charge in [-0.2, -0.15) is 0 Å². The number of hydrogen-bond donors (Lipinski definition) is 3. The molecule has 2 aromatic rings. The molecular weight excluding hydrogens is 352 g/mol. The van der Waals surface area contributed by atoms with E-state index in [9.17, 15) is 13.9 Å². The van der Waals surface area contributed by atoms with Gasteiger partial charge in [-0.15, -0.1) is 0 Å². The highest BCUT2D eigenvalue weighted by Crippen LogP contribution is 2.11. The molecule has 5 nitrogen and oxygen atoms in total. The molecule has 27 heavy (non-hydrogen) atoms. The average molecular weight is 377 g/mol. The van der Waals surface area contributed by atoms with Gasteiger partial charge in [-0.05, 0) is 55.3 Å². The summed E-state index contributed by atoms with van der Waals surface area (Å²) in [6.45, 7) is 5.00. The molecule has 1 unspecified atom stereocenters. The first-order valence-electron chi connectivity index (χ1n) is 8.81. The van der Waals surface area contributed by atoms with Gasteiger partial charge in [-0.3, -0.25) is 0 Å². The first kappa shape index (κ1) is 20.6. The molecule has 0 amide bonds. The van der Waals surface area contributed by atoms with Gasteiger partial charge in [0.2, 0.25) is 0 Å². The van der Waals surface area contributed by atoms with Crippen molar-refractivity contribution < 1.29 is 18.6 Å². The van der Waals surface area contributed by atoms with E-state index in [0.29, 0.717) is 30.4 Å². The van der Waals surface area contributed by atoms with Gasteiger partial charge in [-0.25, -0.2) is 13.8 Å². The molecular formula is C20H25F2N3O2. The molecule has 0 bridgehead atoms. The van der Waals surface area contributed by atoms with Gasteiger partial charge in [0.05, 0.1) is 6.54 Å². The molecule has 0 aliphatic rings. The second kappa shape index (κ2) is 10.5. The summed E-state index contributed by atoms with van der Waals surface area (Å²) < 4.78 is 31.6. The van der Waals surface area contributed by atoms with Crippen LogP contribution in [0.15, 0.2) is 47.5 Å². The fourth-order valence-electron chi connectivity index (χ4n) is 2.31. The van der Waals surface area contributed by atoms with Crippen LogP contribution < -0.4 is 15.4 Å². The lowest BCUT2D eigenvalue weighted by Crippen LogP contribution is -2.42. The maximum absolute atomic E-state index is 13.3. The lowest BCUT2D eigenvalue weighted by atomic mass is 10.1. The Bertz CT molecular complexity index is 751. The number of hydrogen-bond acceptors (Lipinski definition) is 3. The number of nitrogens with zero attached hydrogens (tertiary/aromatic N) is 1. The minimum Gasteiger partial charge on any atom is -0.491 e. The van der Waals surface area contributed by atoms with Crippen LogP contribution in [0.2, 0.25) is 0 Å². The Morgan fingerprint density at radius 3 is 2.56 bits per heavy atom. The Morgan fingerprint density at radius 2 is 1.89 bits per heavy atom. The Morgan fingerprint density at radius 1 is 1.15 bits per heavy atom. The van der Waals surface area contributed by atoms with Crippen LogP contribution in [0.25, 0.3) is 0 Å². The highest BCUT2D eigenvalue weighted by Gasteiger charge is 2.07. The van der Waals surface area contributed by atoms with Crippen LogP contribution in [-0.4, -0.2) is 36.9 Å². The van der Waals surface area contributed by atoms with Crippen LogP contribution in [-0.2, 0) is 6.54 Å². The standard InChI is InChI=1S/C20H25F2N3O2/c1-3-23-20(24-11-15-4-9-19(22)14(2)10-15)25-12-17(26)13-27-18-7-5-16(21)6-8-18/h4-10,17,26H,3,11-13H2,1-2H3,(H2,23,24,25). The van der Waals surface area contributed by atoms with Crippen LogP contribution >= 0.6 is 0 Å². The zero-order valence-corrected chi connectivity index (χ0v) is 15.5. The molecule has 0 fully saturated rings. The molecule has 0 aromatic heterocycles. The van der Waals surface area contributed by atoms with E-state index in [4.69, 9.17) is 4.74 Å². The molecule has 7 heteroatoms. The number of benzene rings is 2. The second-order valence-electron chi connectivity index (χ2n) is 6.08. The maximum atomic E-state index is 13.3. The van der Waals surface area contributed by atoms with Crippen LogP contribution in [0.3, 0.4) is 0 Å². The quantitative estimate of drug-likeness (QED) is 0.489. The zero-order chi connectivity index (χ0) is 19.6. The first-order chi connectivity index (χ1) is 13.0. The van der Waals surface area contributed by atoms with Gasteiger partial charge in [-0.1, -0.05) is 12.1 Å². The van der Waals surface area contributed by atoms with E-state index in [1.807, 2.05) is 6.92 Å². The van der Waals surface area contributed by atoms with Gasteiger partial charge < -0.3 is 20.5 Å². The monoisotopic (exact) mass is 377 g/mol. The van der Waals surface area contributed by atoms with Crippen LogP contribution in [0.1, 0.15) is 18.1 Å². The van der Waals surface area contributed by atoms with Crippen molar-refractivity contribution in [2.75, 3.05) is 19.7 Å². The van der Waals surface area contributed by atoms with E-state index in [1.165, 1.54) is 30.3 Å². The minimum atomic E-state index is -0.771. The van der Waals surface area contributed by atoms with Crippen molar-refractivity contribution in [1.82, 2.24) is 10.6 Å². The summed E-state index contributed by atoms with van der Waals surface area (Å²) in [4.78, 5) is 4.43. The fraction of sp³-hybridized carbons (Fsp3) is 0.350. The van der Waals surface area contributed by atoms with Gasteiger partial charge in [0.15, 0.2) is 5.96 Å². The number of aliphatic hydroxyl groups excluding tert-OH is 1. The third-order valence-electron chi connectivity index (χ3n) is 3.75. The predicted molar refractivity (Wildman–Crippen MR) is 102 cm³/mol. The van der Waals surface area contributed by atoms with Crippen molar-refractivity contribution in [3.05, 3.63) is 65.2 Å². The Labute approximate surface area is 158 Å². The number of aliphatic hydroxyl groups is 1. The van der Waals surface area contributed by atoms with Gasteiger partial charge in [0, 0.05) is 13.1 Å². The number of guanidine groups is 1. The highest BCUT2D eigenvalue weighted by molar-refractivity contribution is 5.79. The topological polar surface area (TPSA) is 65.9 Å². The molecule has 0 heterocycles. The Kier molecular flexibility index (Phi) is 8.00. The van der Waals surface area contributed by atoms with E-state index in [0.717, 1.165) is 5.56 Å². The number of rotatable bonds is 8. The predicted octanol–water partition coefficient (Wildman–Crippen LogP) is 2.77. The SMILES string of the molecule is CCNC(=NCc1ccc(F)c(C)c1)NCC(O)COc1ccc(F)cc1. The molecule has 0 aliphatic carbocycles. The van der Waals surface area contributed by atoms with Crippen molar-refractivity contribution in [2.24, 2.45) is 4.99 Å². The Balaban J connectivity index is 1.83. The summed E-state index contributed by atoms with van der Waals surface area (Å²) in [5.41, 5.74) is 1.47. The summed E-state index contributed by atoms with van der Waals surface area (Å²) in [5, 5.41) is 16.2. The normalized spacial score (nSPS) is 12.6. The smallest absolute Gasteiger partial charge is 0.191 e. The van der Waals surface area contributed by atoms with Crippen molar-refractivity contribution >= 4 is 5.96 Å². The summed E-state index contributed by atoms with van der Waals surface area (Å²) in [6.07, 6.45) is -0.771. The van der Waals surface area contributed by atoms with Crippen LogP contribution in [0, 0.1) is 18.6 Å². The summed E-state index contributed by atoms with van der Waals surface area (Å²) in [6, 6.07) is 10.5. The van der Waals surface area contributed by atoms with Gasteiger partial charge in [0.25, 0.3) is 0 Å². The van der Waals surface area contributed by atoms with Gasteiger partial charge in [0.1, 0.15) is 30.1 Å². The molecule has 0 radical (unpaired) electrons. The largest absolute Gasteiger partial charge is 0.491 e. The van der Waals surface area contributed by atoms with E-state index in [2.05, 4.69) is 15.6 Å². The molecule has 2 aromatic carbocycles. The number of ether oxygens (including phenoxy) is 1. The van der Waals surface area contributed by atoms with E-state index in [-0.39, 0.29) is 24.8 Å². The molecule has 0 saturated carbocycles. The maximum Gasteiger partial charge on any atom is 0.191 e. The van der Waals surface area contributed by atoms with Crippen LogP contribution in [0.4, 0.5) is 8.78 Å². The van der Waals surface area contributed by atoms with E-state index < -0.39 is 6.10 Å². The second-order valence-corrected chi connectivity index (χ2v) is 6.08. The third-order valence-corrected chi connectivity index (χ3v) is 3.75. The third kappa shape index (κ3) is 7.22. The summed E-state index contributed by atoms with van der Waals surface area (Å²) in [5.74, 6) is 0.451.